The standard InChI is InChI=1S/C14H23O2Si/c1-5-12-10-9-11-14(13(12)6-2)17(15-7-3)16-8-4/h9-11H,5-8H2,1-4H3. The van der Waals surface area contributed by atoms with E-state index in [4.69, 9.17) is 8.85 Å². The molecule has 0 fully saturated rings. The maximum atomic E-state index is 5.79. The molecule has 3 heteroatoms. The molecule has 0 aliphatic rings. The highest BCUT2D eigenvalue weighted by atomic mass is 28.3. The first-order chi connectivity index (χ1) is 8.28. The molecule has 0 saturated carbocycles. The second-order valence-electron chi connectivity index (χ2n) is 3.80. The molecular formula is C14H23O2Si. The van der Waals surface area contributed by atoms with Gasteiger partial charge in [-0.25, -0.2) is 0 Å². The van der Waals surface area contributed by atoms with Gasteiger partial charge in [-0.05, 0) is 43.0 Å². The molecule has 0 heterocycles. The van der Waals surface area contributed by atoms with Crippen molar-refractivity contribution < 1.29 is 8.85 Å². The van der Waals surface area contributed by atoms with Gasteiger partial charge in [0.05, 0.1) is 0 Å². The third-order valence-corrected chi connectivity index (χ3v) is 4.79. The lowest BCUT2D eigenvalue weighted by Gasteiger charge is -2.18. The van der Waals surface area contributed by atoms with Crippen molar-refractivity contribution in [1.82, 2.24) is 0 Å². The Morgan fingerprint density at radius 1 is 0.941 bits per heavy atom. The van der Waals surface area contributed by atoms with Crippen molar-refractivity contribution in [3.05, 3.63) is 29.3 Å². The lowest BCUT2D eigenvalue weighted by molar-refractivity contribution is 0.225. The van der Waals surface area contributed by atoms with Crippen LogP contribution in [-0.2, 0) is 21.7 Å². The van der Waals surface area contributed by atoms with Gasteiger partial charge in [-0.3, -0.25) is 0 Å². The zero-order valence-corrected chi connectivity index (χ0v) is 12.4. The van der Waals surface area contributed by atoms with E-state index in [1.54, 1.807) is 0 Å². The molecule has 17 heavy (non-hydrogen) atoms. The van der Waals surface area contributed by atoms with Crippen molar-refractivity contribution in [3.63, 3.8) is 0 Å². The minimum atomic E-state index is -1.30. The molecule has 0 aliphatic heterocycles. The highest BCUT2D eigenvalue weighted by Crippen LogP contribution is 2.10. The van der Waals surface area contributed by atoms with Gasteiger partial charge in [0.2, 0.25) is 0 Å². The van der Waals surface area contributed by atoms with Crippen LogP contribution in [0.1, 0.15) is 38.8 Å². The van der Waals surface area contributed by atoms with Crippen molar-refractivity contribution in [2.24, 2.45) is 0 Å². The second kappa shape index (κ2) is 7.64. The minimum absolute atomic E-state index is 0.716. The van der Waals surface area contributed by atoms with Gasteiger partial charge in [-0.15, -0.1) is 0 Å². The van der Waals surface area contributed by atoms with E-state index in [0.717, 1.165) is 12.8 Å². The van der Waals surface area contributed by atoms with E-state index >= 15 is 0 Å². The largest absolute Gasteiger partial charge is 0.423 e. The van der Waals surface area contributed by atoms with Crippen LogP contribution in [0, 0.1) is 0 Å². The predicted molar refractivity (Wildman–Crippen MR) is 73.8 cm³/mol. The first-order valence-corrected chi connectivity index (χ1v) is 7.83. The normalized spacial score (nSPS) is 11.1. The van der Waals surface area contributed by atoms with E-state index in [0.29, 0.717) is 13.2 Å². The van der Waals surface area contributed by atoms with Gasteiger partial charge in [0.15, 0.2) is 0 Å². The number of aryl methyl sites for hydroxylation is 1. The van der Waals surface area contributed by atoms with E-state index in [-0.39, 0.29) is 0 Å². The number of hydrogen-bond acceptors (Lipinski definition) is 2. The smallest absolute Gasteiger partial charge is 0.390 e. The summed E-state index contributed by atoms with van der Waals surface area (Å²) < 4.78 is 11.6. The summed E-state index contributed by atoms with van der Waals surface area (Å²) in [6, 6.07) is 6.49. The second-order valence-corrected chi connectivity index (χ2v) is 5.49. The zero-order valence-electron chi connectivity index (χ0n) is 11.4. The molecule has 1 rings (SSSR count). The Hall–Kier alpha value is -0.643. The molecule has 1 aromatic carbocycles. The Bertz CT molecular complexity index is 333. The molecule has 2 nitrogen and oxygen atoms in total. The fourth-order valence-corrected chi connectivity index (χ4v) is 3.77. The Morgan fingerprint density at radius 2 is 1.59 bits per heavy atom. The van der Waals surface area contributed by atoms with Crippen LogP contribution in [0.2, 0.25) is 0 Å². The summed E-state index contributed by atoms with van der Waals surface area (Å²) in [6.07, 6.45) is 2.12. The first kappa shape index (κ1) is 14.4. The molecule has 0 aromatic heterocycles. The summed E-state index contributed by atoms with van der Waals surface area (Å²) in [6.45, 7) is 9.89. The van der Waals surface area contributed by atoms with Crippen molar-refractivity contribution in [2.75, 3.05) is 13.2 Å². The molecule has 0 saturated heterocycles. The summed E-state index contributed by atoms with van der Waals surface area (Å²) in [5.41, 5.74) is 2.85. The Labute approximate surface area is 107 Å². The lowest BCUT2D eigenvalue weighted by atomic mass is 10.0. The number of rotatable bonds is 7. The van der Waals surface area contributed by atoms with E-state index < -0.39 is 9.28 Å². The molecule has 0 spiro atoms. The SMILES string of the molecule is CCO[Si](OCC)c1cccc(CC)c1CC. The average Bonchev–Trinajstić information content (AvgIpc) is 2.37. The maximum Gasteiger partial charge on any atom is 0.423 e. The van der Waals surface area contributed by atoms with E-state index in [1.165, 1.54) is 16.3 Å². The fourth-order valence-electron chi connectivity index (χ4n) is 2.03. The Balaban J connectivity index is 3.07. The highest BCUT2D eigenvalue weighted by molar-refractivity contribution is 6.61. The van der Waals surface area contributed by atoms with E-state index in [1.807, 2.05) is 13.8 Å². The number of benzene rings is 1. The highest BCUT2D eigenvalue weighted by Gasteiger charge is 2.22. The van der Waals surface area contributed by atoms with Gasteiger partial charge in [0, 0.05) is 13.2 Å². The summed E-state index contributed by atoms with van der Waals surface area (Å²) in [5, 5.41) is 1.29. The Morgan fingerprint density at radius 3 is 2.06 bits per heavy atom. The van der Waals surface area contributed by atoms with Gasteiger partial charge in [0.25, 0.3) is 0 Å². The van der Waals surface area contributed by atoms with Gasteiger partial charge >= 0.3 is 9.28 Å². The van der Waals surface area contributed by atoms with Crippen LogP contribution in [0.4, 0.5) is 0 Å². The van der Waals surface area contributed by atoms with Gasteiger partial charge in [0.1, 0.15) is 0 Å². The summed E-state index contributed by atoms with van der Waals surface area (Å²) in [4.78, 5) is 0. The molecule has 0 aliphatic carbocycles. The van der Waals surface area contributed by atoms with Gasteiger partial charge < -0.3 is 8.85 Å². The molecule has 95 valence electrons. The van der Waals surface area contributed by atoms with Crippen LogP contribution in [0.5, 0.6) is 0 Å². The number of hydrogen-bond donors (Lipinski definition) is 0. The van der Waals surface area contributed by atoms with Crippen LogP contribution >= 0.6 is 0 Å². The molecule has 0 atom stereocenters. The van der Waals surface area contributed by atoms with Crippen molar-refractivity contribution in [2.45, 2.75) is 40.5 Å². The van der Waals surface area contributed by atoms with Gasteiger partial charge in [-0.1, -0.05) is 32.0 Å². The van der Waals surface area contributed by atoms with Gasteiger partial charge in [-0.2, -0.15) is 0 Å². The molecule has 0 N–H and O–H groups in total. The molecular weight excluding hydrogens is 228 g/mol. The molecule has 1 radical (unpaired) electrons. The summed E-state index contributed by atoms with van der Waals surface area (Å²) in [5.74, 6) is 0. The lowest BCUT2D eigenvalue weighted by Crippen LogP contribution is -2.39. The van der Waals surface area contributed by atoms with Crippen LogP contribution in [0.3, 0.4) is 0 Å². The minimum Gasteiger partial charge on any atom is -0.390 e. The summed E-state index contributed by atoms with van der Waals surface area (Å²) in [7, 11) is -1.30. The van der Waals surface area contributed by atoms with Crippen molar-refractivity contribution in [3.8, 4) is 0 Å². The van der Waals surface area contributed by atoms with E-state index in [2.05, 4.69) is 32.0 Å². The molecule has 0 bridgehead atoms. The first-order valence-electron chi connectivity index (χ1n) is 6.52. The van der Waals surface area contributed by atoms with Crippen LogP contribution in [0.15, 0.2) is 18.2 Å². The average molecular weight is 251 g/mol. The zero-order chi connectivity index (χ0) is 12.7. The van der Waals surface area contributed by atoms with Crippen molar-refractivity contribution in [1.29, 1.82) is 0 Å². The quantitative estimate of drug-likeness (QED) is 0.694. The topological polar surface area (TPSA) is 18.5 Å². The van der Waals surface area contributed by atoms with Crippen molar-refractivity contribution >= 4 is 14.5 Å². The van der Waals surface area contributed by atoms with Crippen LogP contribution in [0.25, 0.3) is 0 Å². The van der Waals surface area contributed by atoms with Crippen LogP contribution < -0.4 is 5.19 Å². The maximum absolute atomic E-state index is 5.79. The monoisotopic (exact) mass is 251 g/mol. The molecule has 0 amide bonds. The molecule has 0 unspecified atom stereocenters. The third-order valence-electron chi connectivity index (χ3n) is 2.78. The molecule has 1 aromatic rings. The van der Waals surface area contributed by atoms with Crippen LogP contribution in [-0.4, -0.2) is 22.5 Å². The summed E-state index contributed by atoms with van der Waals surface area (Å²) >= 11 is 0. The Kier molecular flexibility index (Phi) is 6.48. The third kappa shape index (κ3) is 3.66. The van der Waals surface area contributed by atoms with E-state index in [9.17, 15) is 0 Å². The predicted octanol–water partition coefficient (Wildman–Crippen LogP) is 2.58. The fraction of sp³-hybridized carbons (Fsp3) is 0.571.